The standard InChI is InChI=1S/C10H19NO2/c11-10(9-1-2-9)7-13-6-8-3-4-12-5-8/h8-10H,1-7,11H2. The minimum atomic E-state index is 0.280. The molecule has 13 heavy (non-hydrogen) atoms. The van der Waals surface area contributed by atoms with Crippen LogP contribution in [0.3, 0.4) is 0 Å². The van der Waals surface area contributed by atoms with Gasteiger partial charge in [-0.05, 0) is 25.2 Å². The van der Waals surface area contributed by atoms with E-state index in [9.17, 15) is 0 Å². The van der Waals surface area contributed by atoms with Crippen LogP contribution in [0.2, 0.25) is 0 Å². The van der Waals surface area contributed by atoms with Gasteiger partial charge in [0.1, 0.15) is 0 Å². The zero-order valence-electron chi connectivity index (χ0n) is 8.08. The van der Waals surface area contributed by atoms with Crippen molar-refractivity contribution >= 4 is 0 Å². The third kappa shape index (κ3) is 2.93. The highest BCUT2D eigenvalue weighted by atomic mass is 16.5. The second kappa shape index (κ2) is 4.40. The maximum Gasteiger partial charge on any atom is 0.0620 e. The Morgan fingerprint density at radius 1 is 1.38 bits per heavy atom. The smallest absolute Gasteiger partial charge is 0.0620 e. The molecule has 2 rings (SSSR count). The molecule has 0 aromatic heterocycles. The van der Waals surface area contributed by atoms with E-state index in [-0.39, 0.29) is 6.04 Å². The van der Waals surface area contributed by atoms with Gasteiger partial charge in [0, 0.05) is 18.6 Å². The van der Waals surface area contributed by atoms with Crippen LogP contribution in [-0.2, 0) is 9.47 Å². The van der Waals surface area contributed by atoms with E-state index in [4.69, 9.17) is 15.2 Å². The summed E-state index contributed by atoms with van der Waals surface area (Å²) in [5.74, 6) is 1.37. The van der Waals surface area contributed by atoms with Crippen molar-refractivity contribution in [3.63, 3.8) is 0 Å². The normalized spacial score (nSPS) is 30.7. The lowest BCUT2D eigenvalue weighted by atomic mass is 10.1. The Labute approximate surface area is 79.6 Å². The molecule has 1 aliphatic heterocycles. The Hall–Kier alpha value is -0.120. The van der Waals surface area contributed by atoms with Crippen LogP contribution in [0.25, 0.3) is 0 Å². The highest BCUT2D eigenvalue weighted by Crippen LogP contribution is 2.31. The SMILES string of the molecule is NC(COCC1CCOC1)C1CC1. The highest BCUT2D eigenvalue weighted by molar-refractivity contribution is 4.83. The number of hydrogen-bond donors (Lipinski definition) is 1. The number of nitrogens with two attached hydrogens (primary N) is 1. The van der Waals surface area contributed by atoms with Gasteiger partial charge in [-0.25, -0.2) is 0 Å². The molecular weight excluding hydrogens is 166 g/mol. The van der Waals surface area contributed by atoms with Crippen molar-refractivity contribution in [3.05, 3.63) is 0 Å². The zero-order chi connectivity index (χ0) is 9.10. The summed E-state index contributed by atoms with van der Waals surface area (Å²) in [6, 6.07) is 0.280. The van der Waals surface area contributed by atoms with Crippen LogP contribution in [0.1, 0.15) is 19.3 Å². The summed E-state index contributed by atoms with van der Waals surface area (Å²) in [6.07, 6.45) is 3.76. The van der Waals surface area contributed by atoms with Crippen LogP contribution in [-0.4, -0.2) is 32.5 Å². The molecule has 2 atom stereocenters. The molecule has 3 heteroatoms. The fourth-order valence-corrected chi connectivity index (χ4v) is 1.75. The summed E-state index contributed by atoms with van der Waals surface area (Å²) in [4.78, 5) is 0. The topological polar surface area (TPSA) is 44.5 Å². The Balaban J connectivity index is 1.52. The monoisotopic (exact) mass is 185 g/mol. The Morgan fingerprint density at radius 2 is 2.23 bits per heavy atom. The van der Waals surface area contributed by atoms with Crippen LogP contribution >= 0.6 is 0 Å². The number of rotatable bonds is 5. The van der Waals surface area contributed by atoms with Crippen molar-refractivity contribution in [1.82, 2.24) is 0 Å². The second-order valence-electron chi connectivity index (χ2n) is 4.27. The number of ether oxygens (including phenoxy) is 2. The molecule has 76 valence electrons. The molecule has 2 unspecified atom stereocenters. The predicted octanol–water partition coefficient (Wildman–Crippen LogP) is 0.777. The van der Waals surface area contributed by atoms with Gasteiger partial charge in [0.05, 0.1) is 19.8 Å². The largest absolute Gasteiger partial charge is 0.381 e. The Morgan fingerprint density at radius 3 is 2.85 bits per heavy atom. The van der Waals surface area contributed by atoms with Crippen LogP contribution in [0.5, 0.6) is 0 Å². The van der Waals surface area contributed by atoms with E-state index in [1.807, 2.05) is 0 Å². The molecule has 0 radical (unpaired) electrons. The fraction of sp³-hybridized carbons (Fsp3) is 1.00. The molecule has 0 bridgehead atoms. The van der Waals surface area contributed by atoms with E-state index in [1.54, 1.807) is 0 Å². The maximum atomic E-state index is 5.91. The third-order valence-corrected chi connectivity index (χ3v) is 2.92. The summed E-state index contributed by atoms with van der Waals surface area (Å²) < 4.78 is 10.8. The molecule has 2 N–H and O–H groups in total. The second-order valence-corrected chi connectivity index (χ2v) is 4.27. The van der Waals surface area contributed by atoms with Gasteiger partial charge in [-0.3, -0.25) is 0 Å². The van der Waals surface area contributed by atoms with Gasteiger partial charge in [0.25, 0.3) is 0 Å². The summed E-state index contributed by atoms with van der Waals surface area (Å²) in [5, 5.41) is 0. The fourth-order valence-electron chi connectivity index (χ4n) is 1.75. The quantitative estimate of drug-likeness (QED) is 0.688. The Bertz CT molecular complexity index is 151. The molecule has 0 amide bonds. The number of hydrogen-bond acceptors (Lipinski definition) is 3. The summed E-state index contributed by atoms with van der Waals surface area (Å²) in [6.45, 7) is 3.35. The van der Waals surface area contributed by atoms with Gasteiger partial charge in [0.2, 0.25) is 0 Å². The first kappa shape index (κ1) is 9.44. The molecule has 2 aliphatic rings. The van der Waals surface area contributed by atoms with Gasteiger partial charge in [-0.15, -0.1) is 0 Å². The lowest BCUT2D eigenvalue weighted by Gasteiger charge is -2.13. The van der Waals surface area contributed by atoms with Crippen molar-refractivity contribution in [1.29, 1.82) is 0 Å². The lowest BCUT2D eigenvalue weighted by Crippen LogP contribution is -2.29. The molecule has 0 spiro atoms. The van der Waals surface area contributed by atoms with Crippen LogP contribution in [0.4, 0.5) is 0 Å². The summed E-state index contributed by atoms with van der Waals surface area (Å²) >= 11 is 0. The molecule has 1 saturated heterocycles. The van der Waals surface area contributed by atoms with Crippen molar-refractivity contribution in [2.75, 3.05) is 26.4 Å². The molecule has 1 aliphatic carbocycles. The molecule has 0 aromatic rings. The average molecular weight is 185 g/mol. The first-order valence-corrected chi connectivity index (χ1v) is 5.27. The molecule has 3 nitrogen and oxygen atoms in total. The van der Waals surface area contributed by atoms with Gasteiger partial charge < -0.3 is 15.2 Å². The molecular formula is C10H19NO2. The third-order valence-electron chi connectivity index (χ3n) is 2.92. The predicted molar refractivity (Wildman–Crippen MR) is 50.4 cm³/mol. The minimum Gasteiger partial charge on any atom is -0.381 e. The Kier molecular flexibility index (Phi) is 3.19. The molecule has 1 saturated carbocycles. The van der Waals surface area contributed by atoms with E-state index in [0.29, 0.717) is 5.92 Å². The van der Waals surface area contributed by atoms with Crippen molar-refractivity contribution < 1.29 is 9.47 Å². The highest BCUT2D eigenvalue weighted by Gasteiger charge is 2.28. The van der Waals surface area contributed by atoms with Crippen LogP contribution in [0.15, 0.2) is 0 Å². The molecule has 1 heterocycles. The first-order chi connectivity index (χ1) is 6.36. The van der Waals surface area contributed by atoms with Crippen molar-refractivity contribution in [3.8, 4) is 0 Å². The van der Waals surface area contributed by atoms with E-state index >= 15 is 0 Å². The summed E-state index contributed by atoms with van der Waals surface area (Å²) in [5.41, 5.74) is 5.91. The van der Waals surface area contributed by atoms with E-state index in [1.165, 1.54) is 12.8 Å². The average Bonchev–Trinajstić information content (AvgIpc) is 2.86. The first-order valence-electron chi connectivity index (χ1n) is 5.27. The van der Waals surface area contributed by atoms with Gasteiger partial charge >= 0.3 is 0 Å². The maximum absolute atomic E-state index is 5.91. The molecule has 0 aromatic carbocycles. The van der Waals surface area contributed by atoms with Crippen molar-refractivity contribution in [2.45, 2.75) is 25.3 Å². The van der Waals surface area contributed by atoms with E-state index in [0.717, 1.165) is 38.8 Å². The van der Waals surface area contributed by atoms with Gasteiger partial charge in [0.15, 0.2) is 0 Å². The summed E-state index contributed by atoms with van der Waals surface area (Å²) in [7, 11) is 0. The van der Waals surface area contributed by atoms with Crippen LogP contribution in [0, 0.1) is 11.8 Å². The van der Waals surface area contributed by atoms with Gasteiger partial charge in [-0.2, -0.15) is 0 Å². The van der Waals surface area contributed by atoms with E-state index in [2.05, 4.69) is 0 Å². The minimum absolute atomic E-state index is 0.280. The van der Waals surface area contributed by atoms with Gasteiger partial charge in [-0.1, -0.05) is 0 Å². The molecule has 2 fully saturated rings. The lowest BCUT2D eigenvalue weighted by molar-refractivity contribution is 0.0776. The van der Waals surface area contributed by atoms with Crippen molar-refractivity contribution in [2.24, 2.45) is 17.6 Å². The van der Waals surface area contributed by atoms with E-state index < -0.39 is 0 Å². The van der Waals surface area contributed by atoms with Crippen LogP contribution < -0.4 is 5.73 Å². The zero-order valence-corrected chi connectivity index (χ0v) is 8.08.